The van der Waals surface area contributed by atoms with E-state index in [9.17, 15) is 0 Å². The highest BCUT2D eigenvalue weighted by Crippen LogP contribution is 2.14. The van der Waals surface area contributed by atoms with Crippen LogP contribution in [-0.4, -0.2) is 30.5 Å². The van der Waals surface area contributed by atoms with Gasteiger partial charge in [0.15, 0.2) is 0 Å². The summed E-state index contributed by atoms with van der Waals surface area (Å²) in [6.45, 7) is 0. The van der Waals surface area contributed by atoms with E-state index in [1.807, 2.05) is 26.0 Å². The number of nitrogens with one attached hydrogen (secondary N) is 1. The van der Waals surface area contributed by atoms with E-state index in [4.69, 9.17) is 0 Å². The highest BCUT2D eigenvalue weighted by Gasteiger charge is 2.01. The summed E-state index contributed by atoms with van der Waals surface area (Å²) in [4.78, 5) is 6.02. The molecule has 1 heterocycles. The Morgan fingerprint density at radius 3 is 2.50 bits per heavy atom. The molecule has 1 aromatic heterocycles. The Labute approximate surface area is 64.1 Å². The van der Waals surface area contributed by atoms with E-state index in [0.29, 0.717) is 0 Å². The lowest BCUT2D eigenvalue weighted by Gasteiger charge is -2.03. The molecule has 5 heteroatoms. The second-order valence-electron chi connectivity index (χ2n) is 2.04. The zero-order chi connectivity index (χ0) is 7.56. The third kappa shape index (κ3) is 1.36. The summed E-state index contributed by atoms with van der Waals surface area (Å²) in [6, 6.07) is 0. The Hall–Kier alpha value is -0.840. The molecule has 1 aromatic rings. The Kier molecular flexibility index (Phi) is 2.06. The quantitative estimate of drug-likeness (QED) is 0.686. The smallest absolute Gasteiger partial charge is 0.238 e. The number of nitrogens with zero attached hydrogens (tertiary/aromatic N) is 3. The maximum absolute atomic E-state index is 4.15. The average Bonchev–Trinajstić information content (AvgIpc) is 2.34. The largest absolute Gasteiger partial charge is 0.363 e. The molecule has 0 spiro atoms. The first-order chi connectivity index (χ1) is 4.74. The van der Waals surface area contributed by atoms with E-state index in [1.165, 1.54) is 11.5 Å². The van der Waals surface area contributed by atoms with Crippen molar-refractivity contribution in [3.8, 4) is 0 Å². The molecular weight excluding hydrogens is 148 g/mol. The third-order valence-electron chi connectivity index (χ3n) is 1.03. The van der Waals surface area contributed by atoms with Gasteiger partial charge in [-0.2, -0.15) is 9.36 Å². The van der Waals surface area contributed by atoms with Crippen molar-refractivity contribution in [2.24, 2.45) is 0 Å². The zero-order valence-electron chi connectivity index (χ0n) is 6.25. The second kappa shape index (κ2) is 2.83. The van der Waals surface area contributed by atoms with Gasteiger partial charge in [-0.3, -0.25) is 0 Å². The van der Waals surface area contributed by atoms with Crippen LogP contribution in [-0.2, 0) is 0 Å². The molecule has 0 amide bonds. The summed E-state index contributed by atoms with van der Waals surface area (Å²) in [5.41, 5.74) is 0. The predicted octanol–water partition coefficient (Wildman–Crippen LogP) is 0.646. The molecule has 0 aliphatic carbocycles. The van der Waals surface area contributed by atoms with Crippen molar-refractivity contribution in [3.05, 3.63) is 0 Å². The third-order valence-corrected chi connectivity index (χ3v) is 1.75. The summed E-state index contributed by atoms with van der Waals surface area (Å²) < 4.78 is 4.08. The van der Waals surface area contributed by atoms with E-state index >= 15 is 0 Å². The maximum atomic E-state index is 4.15. The molecule has 0 saturated carbocycles. The molecule has 1 N–H and O–H groups in total. The van der Waals surface area contributed by atoms with Gasteiger partial charge in [0.25, 0.3) is 0 Å². The summed E-state index contributed by atoms with van der Waals surface area (Å²) in [6.07, 6.45) is 0. The number of anilines is 2. The fourth-order valence-corrected chi connectivity index (χ4v) is 1.08. The number of aromatic nitrogens is 2. The molecule has 0 aliphatic heterocycles. The minimum Gasteiger partial charge on any atom is -0.363 e. The van der Waals surface area contributed by atoms with Crippen molar-refractivity contribution in [2.75, 3.05) is 31.4 Å². The van der Waals surface area contributed by atoms with Crippen LogP contribution in [0.1, 0.15) is 0 Å². The lowest BCUT2D eigenvalue weighted by atomic mass is 10.8. The average molecular weight is 158 g/mol. The van der Waals surface area contributed by atoms with Gasteiger partial charge in [0, 0.05) is 32.7 Å². The van der Waals surface area contributed by atoms with Crippen molar-refractivity contribution in [1.82, 2.24) is 9.36 Å². The standard InChI is InChI=1S/C5H10N4S/c1-6-5-7-4(8-10-5)9(2)3/h1-3H3,(H,6,7,8). The fourth-order valence-electron chi connectivity index (χ4n) is 0.499. The van der Waals surface area contributed by atoms with Crippen LogP contribution in [0.25, 0.3) is 0 Å². The molecule has 0 aromatic carbocycles. The highest BCUT2D eigenvalue weighted by molar-refractivity contribution is 7.09. The summed E-state index contributed by atoms with van der Waals surface area (Å²) in [5.74, 6) is 0.759. The number of hydrogen-bond acceptors (Lipinski definition) is 5. The van der Waals surface area contributed by atoms with Gasteiger partial charge in [-0.25, -0.2) is 0 Å². The molecule has 0 bridgehead atoms. The van der Waals surface area contributed by atoms with Crippen molar-refractivity contribution in [1.29, 1.82) is 0 Å². The van der Waals surface area contributed by atoms with Gasteiger partial charge >= 0.3 is 0 Å². The van der Waals surface area contributed by atoms with E-state index in [0.717, 1.165) is 11.1 Å². The second-order valence-corrected chi connectivity index (χ2v) is 2.80. The van der Waals surface area contributed by atoms with E-state index in [-0.39, 0.29) is 0 Å². The van der Waals surface area contributed by atoms with Gasteiger partial charge in [0.1, 0.15) is 0 Å². The molecule has 10 heavy (non-hydrogen) atoms. The van der Waals surface area contributed by atoms with Gasteiger partial charge in [-0.05, 0) is 0 Å². The molecule has 0 unspecified atom stereocenters. The van der Waals surface area contributed by atoms with Crippen LogP contribution in [0.2, 0.25) is 0 Å². The lowest BCUT2D eigenvalue weighted by Crippen LogP contribution is -2.10. The minimum absolute atomic E-state index is 0.759. The highest BCUT2D eigenvalue weighted by atomic mass is 32.1. The minimum atomic E-state index is 0.759. The lowest BCUT2D eigenvalue weighted by molar-refractivity contribution is 1.05. The Bertz CT molecular complexity index is 207. The molecule has 1 rings (SSSR count). The maximum Gasteiger partial charge on any atom is 0.238 e. The topological polar surface area (TPSA) is 41.1 Å². The monoisotopic (exact) mass is 158 g/mol. The Morgan fingerprint density at radius 2 is 2.20 bits per heavy atom. The zero-order valence-corrected chi connectivity index (χ0v) is 7.07. The first kappa shape index (κ1) is 7.27. The van der Waals surface area contributed by atoms with Crippen molar-refractivity contribution in [3.63, 3.8) is 0 Å². The van der Waals surface area contributed by atoms with E-state index < -0.39 is 0 Å². The van der Waals surface area contributed by atoms with Crippen molar-refractivity contribution < 1.29 is 0 Å². The Balaban J connectivity index is 2.78. The van der Waals surface area contributed by atoms with Gasteiger partial charge in [-0.1, -0.05) is 0 Å². The molecule has 0 atom stereocenters. The Morgan fingerprint density at radius 1 is 1.50 bits per heavy atom. The molecule has 0 saturated heterocycles. The normalized spacial score (nSPS) is 9.50. The molecular formula is C5H10N4S. The predicted molar refractivity (Wildman–Crippen MR) is 43.8 cm³/mol. The molecule has 56 valence electrons. The molecule has 0 fully saturated rings. The van der Waals surface area contributed by atoms with Gasteiger partial charge in [0.2, 0.25) is 11.1 Å². The van der Waals surface area contributed by atoms with Gasteiger partial charge in [-0.15, -0.1) is 0 Å². The van der Waals surface area contributed by atoms with Gasteiger partial charge in [0.05, 0.1) is 0 Å². The van der Waals surface area contributed by atoms with Gasteiger partial charge < -0.3 is 10.2 Å². The summed E-state index contributed by atoms with van der Waals surface area (Å²) in [7, 11) is 5.67. The van der Waals surface area contributed by atoms with E-state index in [1.54, 1.807) is 0 Å². The first-order valence-electron chi connectivity index (χ1n) is 2.93. The van der Waals surface area contributed by atoms with Crippen LogP contribution >= 0.6 is 11.5 Å². The van der Waals surface area contributed by atoms with E-state index in [2.05, 4.69) is 14.7 Å². The van der Waals surface area contributed by atoms with Crippen LogP contribution in [0.3, 0.4) is 0 Å². The van der Waals surface area contributed by atoms with Crippen molar-refractivity contribution in [2.45, 2.75) is 0 Å². The summed E-state index contributed by atoms with van der Waals surface area (Å²) in [5, 5.41) is 3.77. The molecule has 0 aliphatic rings. The number of rotatable bonds is 2. The van der Waals surface area contributed by atoms with Crippen LogP contribution in [0.4, 0.5) is 11.1 Å². The SMILES string of the molecule is CNc1nc(N(C)C)ns1. The number of hydrogen-bond donors (Lipinski definition) is 1. The van der Waals surface area contributed by atoms with Crippen LogP contribution in [0, 0.1) is 0 Å². The summed E-state index contributed by atoms with van der Waals surface area (Å²) >= 11 is 1.36. The van der Waals surface area contributed by atoms with Crippen LogP contribution < -0.4 is 10.2 Å². The first-order valence-corrected chi connectivity index (χ1v) is 3.70. The molecule has 4 nitrogen and oxygen atoms in total. The fraction of sp³-hybridized carbons (Fsp3) is 0.600. The van der Waals surface area contributed by atoms with Crippen molar-refractivity contribution >= 4 is 22.6 Å². The van der Waals surface area contributed by atoms with Crippen LogP contribution in [0.5, 0.6) is 0 Å². The van der Waals surface area contributed by atoms with Crippen LogP contribution in [0.15, 0.2) is 0 Å². The molecule has 0 radical (unpaired) electrons.